The second kappa shape index (κ2) is 6.72. The van der Waals surface area contributed by atoms with Crippen LogP contribution in [0.2, 0.25) is 5.02 Å². The molecule has 24 heavy (non-hydrogen) atoms. The van der Waals surface area contributed by atoms with Gasteiger partial charge in [-0.1, -0.05) is 11.6 Å². The third-order valence-corrected chi connectivity index (χ3v) is 3.40. The molecule has 5 nitrogen and oxygen atoms in total. The summed E-state index contributed by atoms with van der Waals surface area (Å²) in [6, 6.07) is 11.7. The van der Waals surface area contributed by atoms with Crippen molar-refractivity contribution in [2.24, 2.45) is 0 Å². The minimum atomic E-state index is -0.636. The van der Waals surface area contributed by atoms with Crippen LogP contribution < -0.4 is 15.7 Å². The van der Waals surface area contributed by atoms with Crippen molar-refractivity contribution in [3.05, 3.63) is 69.8 Å². The van der Waals surface area contributed by atoms with E-state index in [-0.39, 0.29) is 17.3 Å². The maximum atomic E-state index is 13.6. The maximum Gasteiger partial charge on any atom is 0.336 e. The van der Waals surface area contributed by atoms with Crippen molar-refractivity contribution in [2.45, 2.75) is 0 Å². The van der Waals surface area contributed by atoms with E-state index in [1.807, 2.05) is 0 Å². The summed E-state index contributed by atoms with van der Waals surface area (Å²) in [5.74, 6) is -0.822. The Hall–Kier alpha value is -2.86. The number of hydrogen-bond acceptors (Lipinski definition) is 4. The summed E-state index contributed by atoms with van der Waals surface area (Å²) in [5.41, 5.74) is -0.114. The Morgan fingerprint density at radius 2 is 1.96 bits per heavy atom. The van der Waals surface area contributed by atoms with Crippen LogP contribution >= 0.6 is 11.6 Å². The summed E-state index contributed by atoms with van der Waals surface area (Å²) in [7, 11) is 0. The van der Waals surface area contributed by atoms with Crippen molar-refractivity contribution in [3.63, 3.8) is 0 Å². The number of benzene rings is 2. The van der Waals surface area contributed by atoms with Crippen LogP contribution in [0, 0.1) is 5.82 Å². The van der Waals surface area contributed by atoms with Crippen molar-refractivity contribution < 1.29 is 18.3 Å². The number of fused-ring (bicyclic) bond motifs is 1. The van der Waals surface area contributed by atoms with Crippen molar-refractivity contribution >= 4 is 34.2 Å². The Bertz CT molecular complexity index is 970. The van der Waals surface area contributed by atoms with E-state index in [1.54, 1.807) is 18.2 Å². The predicted molar refractivity (Wildman–Crippen MR) is 88.0 cm³/mol. The largest absolute Gasteiger partial charge is 0.484 e. The van der Waals surface area contributed by atoms with Crippen LogP contribution in [-0.4, -0.2) is 12.5 Å². The highest BCUT2D eigenvalue weighted by Crippen LogP contribution is 2.20. The fraction of sp³-hybridized carbons (Fsp3) is 0.0588. The first-order chi connectivity index (χ1) is 11.5. The number of carbonyl (C=O) groups excluding carboxylic acids is 1. The lowest BCUT2D eigenvalue weighted by atomic mass is 10.2. The molecule has 1 heterocycles. The average Bonchev–Trinajstić information content (AvgIpc) is 2.55. The standard InChI is InChI=1S/C17H11ClFNO4/c18-11-3-5-14(13(19)7-11)20-16(21)9-23-12-4-1-10-2-6-17(22)24-15(10)8-12/h1-8H,9H2,(H,20,21). The van der Waals surface area contributed by atoms with Crippen LogP contribution in [-0.2, 0) is 4.79 Å². The van der Waals surface area contributed by atoms with E-state index in [9.17, 15) is 14.0 Å². The second-order valence-corrected chi connectivity index (χ2v) is 5.35. The minimum absolute atomic E-state index is 0.0116. The summed E-state index contributed by atoms with van der Waals surface area (Å²) in [5, 5.41) is 3.35. The van der Waals surface area contributed by atoms with Gasteiger partial charge in [0, 0.05) is 22.5 Å². The molecule has 0 spiro atoms. The van der Waals surface area contributed by atoms with Crippen molar-refractivity contribution in [2.75, 3.05) is 11.9 Å². The van der Waals surface area contributed by atoms with Crippen molar-refractivity contribution in [1.29, 1.82) is 0 Å². The zero-order valence-corrected chi connectivity index (χ0v) is 13.0. The second-order valence-electron chi connectivity index (χ2n) is 4.92. The molecule has 1 aromatic heterocycles. The van der Waals surface area contributed by atoms with Gasteiger partial charge < -0.3 is 14.5 Å². The molecule has 2 aromatic carbocycles. The summed E-state index contributed by atoms with van der Waals surface area (Å²) in [6.45, 7) is -0.329. The van der Waals surface area contributed by atoms with Gasteiger partial charge in [-0.2, -0.15) is 0 Å². The van der Waals surface area contributed by atoms with E-state index in [0.29, 0.717) is 11.3 Å². The number of carbonyl (C=O) groups is 1. The lowest BCUT2D eigenvalue weighted by Gasteiger charge is -2.09. The highest BCUT2D eigenvalue weighted by atomic mass is 35.5. The predicted octanol–water partition coefficient (Wildman–Crippen LogP) is 3.60. The summed E-state index contributed by atoms with van der Waals surface area (Å²) < 4.78 is 24.0. The fourth-order valence-corrected chi connectivity index (χ4v) is 2.22. The Balaban J connectivity index is 1.66. The first kappa shape index (κ1) is 16.0. The van der Waals surface area contributed by atoms with E-state index in [0.717, 1.165) is 11.5 Å². The Morgan fingerprint density at radius 1 is 1.17 bits per heavy atom. The van der Waals surface area contributed by atoms with Gasteiger partial charge in [-0.25, -0.2) is 9.18 Å². The molecule has 0 unspecified atom stereocenters. The molecule has 0 fully saturated rings. The molecule has 0 radical (unpaired) electrons. The van der Waals surface area contributed by atoms with Crippen LogP contribution in [0.4, 0.5) is 10.1 Å². The molecule has 7 heteroatoms. The maximum absolute atomic E-state index is 13.6. The van der Waals surface area contributed by atoms with Gasteiger partial charge in [-0.3, -0.25) is 4.79 Å². The monoisotopic (exact) mass is 347 g/mol. The number of nitrogens with one attached hydrogen (secondary N) is 1. The van der Waals surface area contributed by atoms with Gasteiger partial charge in [0.2, 0.25) is 0 Å². The summed E-state index contributed by atoms with van der Waals surface area (Å²) >= 11 is 5.64. The number of ether oxygens (including phenoxy) is 1. The van der Waals surface area contributed by atoms with E-state index in [2.05, 4.69) is 5.32 Å². The highest BCUT2D eigenvalue weighted by Gasteiger charge is 2.09. The molecule has 0 saturated carbocycles. The lowest BCUT2D eigenvalue weighted by molar-refractivity contribution is -0.118. The van der Waals surface area contributed by atoms with Crippen LogP contribution in [0.1, 0.15) is 0 Å². The Labute approximate surface area is 140 Å². The average molecular weight is 348 g/mol. The highest BCUT2D eigenvalue weighted by molar-refractivity contribution is 6.30. The quantitative estimate of drug-likeness (QED) is 0.732. The lowest BCUT2D eigenvalue weighted by Crippen LogP contribution is -2.20. The van der Waals surface area contributed by atoms with Crippen LogP contribution in [0.5, 0.6) is 5.75 Å². The number of halogens is 2. The van der Waals surface area contributed by atoms with Gasteiger partial charge in [0.25, 0.3) is 5.91 Å². The molecule has 1 amide bonds. The topological polar surface area (TPSA) is 68.5 Å². The van der Waals surface area contributed by atoms with E-state index >= 15 is 0 Å². The smallest absolute Gasteiger partial charge is 0.336 e. The van der Waals surface area contributed by atoms with Crippen LogP contribution in [0.3, 0.4) is 0 Å². The molecule has 1 N–H and O–H groups in total. The van der Waals surface area contributed by atoms with Crippen LogP contribution in [0.15, 0.2) is 57.7 Å². The SMILES string of the molecule is O=C(COc1ccc2ccc(=O)oc2c1)Nc1ccc(Cl)cc1F. The zero-order valence-electron chi connectivity index (χ0n) is 12.2. The molecule has 0 aliphatic rings. The van der Waals surface area contributed by atoms with Gasteiger partial charge in [0.15, 0.2) is 6.61 Å². The first-order valence-corrected chi connectivity index (χ1v) is 7.31. The molecule has 0 bridgehead atoms. The minimum Gasteiger partial charge on any atom is -0.484 e. The Kier molecular flexibility index (Phi) is 4.48. The zero-order chi connectivity index (χ0) is 17.1. The molecule has 3 rings (SSSR count). The molecule has 3 aromatic rings. The van der Waals surface area contributed by atoms with Gasteiger partial charge in [0.05, 0.1) is 5.69 Å². The third kappa shape index (κ3) is 3.72. The number of rotatable bonds is 4. The van der Waals surface area contributed by atoms with Crippen LogP contribution in [0.25, 0.3) is 11.0 Å². The molecular weight excluding hydrogens is 337 g/mol. The van der Waals surface area contributed by atoms with Gasteiger partial charge in [0.1, 0.15) is 17.1 Å². The number of amides is 1. The van der Waals surface area contributed by atoms with E-state index < -0.39 is 17.3 Å². The fourth-order valence-electron chi connectivity index (χ4n) is 2.06. The molecular formula is C17H11ClFNO4. The van der Waals surface area contributed by atoms with Gasteiger partial charge in [-0.05, 0) is 36.4 Å². The molecule has 0 saturated heterocycles. The third-order valence-electron chi connectivity index (χ3n) is 3.17. The first-order valence-electron chi connectivity index (χ1n) is 6.93. The van der Waals surface area contributed by atoms with E-state index in [4.69, 9.17) is 20.8 Å². The number of hydrogen-bond donors (Lipinski definition) is 1. The van der Waals surface area contributed by atoms with Gasteiger partial charge >= 0.3 is 5.63 Å². The Morgan fingerprint density at radius 3 is 2.75 bits per heavy atom. The van der Waals surface area contributed by atoms with Crippen molar-refractivity contribution in [1.82, 2.24) is 0 Å². The normalized spacial score (nSPS) is 10.6. The molecule has 0 atom stereocenters. The van der Waals surface area contributed by atoms with Crippen molar-refractivity contribution in [3.8, 4) is 5.75 Å². The molecule has 0 aliphatic heterocycles. The molecule has 122 valence electrons. The number of anilines is 1. The molecule has 0 aliphatic carbocycles. The van der Waals surface area contributed by atoms with Gasteiger partial charge in [-0.15, -0.1) is 0 Å². The summed E-state index contributed by atoms with van der Waals surface area (Å²) in [6.07, 6.45) is 0. The summed E-state index contributed by atoms with van der Waals surface area (Å²) in [4.78, 5) is 23.0. The van der Waals surface area contributed by atoms with E-state index in [1.165, 1.54) is 24.3 Å².